The molecular formula is C13H16N2O3. The van der Waals surface area contributed by atoms with Gasteiger partial charge in [-0.05, 0) is 30.4 Å². The molecular weight excluding hydrogens is 232 g/mol. The summed E-state index contributed by atoms with van der Waals surface area (Å²) < 4.78 is 10.3. The summed E-state index contributed by atoms with van der Waals surface area (Å²) in [6.45, 7) is 1.11. The van der Waals surface area contributed by atoms with Gasteiger partial charge in [-0.1, -0.05) is 0 Å². The molecule has 2 N–H and O–H groups in total. The van der Waals surface area contributed by atoms with Crippen molar-refractivity contribution in [3.8, 4) is 0 Å². The van der Waals surface area contributed by atoms with Crippen molar-refractivity contribution in [3.63, 3.8) is 0 Å². The van der Waals surface area contributed by atoms with E-state index in [-0.39, 0.29) is 11.9 Å². The quantitative estimate of drug-likeness (QED) is 0.750. The number of anilines is 1. The lowest BCUT2D eigenvalue weighted by Gasteiger charge is -2.24. The SMILES string of the molecule is COC(=O)[C@@H]1CCc2nc(N)c3c(c2C1)COC3. The van der Waals surface area contributed by atoms with E-state index in [2.05, 4.69) is 4.98 Å². The van der Waals surface area contributed by atoms with E-state index >= 15 is 0 Å². The predicted molar refractivity (Wildman–Crippen MR) is 64.7 cm³/mol. The minimum Gasteiger partial charge on any atom is -0.469 e. The summed E-state index contributed by atoms with van der Waals surface area (Å²) in [5.41, 5.74) is 10.3. The van der Waals surface area contributed by atoms with E-state index < -0.39 is 0 Å². The van der Waals surface area contributed by atoms with Gasteiger partial charge in [0, 0.05) is 11.3 Å². The second kappa shape index (κ2) is 4.24. The van der Waals surface area contributed by atoms with E-state index in [0.29, 0.717) is 25.5 Å². The van der Waals surface area contributed by atoms with Crippen LogP contribution in [0.15, 0.2) is 0 Å². The van der Waals surface area contributed by atoms with Gasteiger partial charge in [0.1, 0.15) is 5.82 Å². The van der Waals surface area contributed by atoms with Crippen molar-refractivity contribution < 1.29 is 14.3 Å². The van der Waals surface area contributed by atoms with Crippen LogP contribution in [0.3, 0.4) is 0 Å². The fourth-order valence-electron chi connectivity index (χ4n) is 2.86. The average molecular weight is 248 g/mol. The first-order valence-corrected chi connectivity index (χ1v) is 6.15. The molecule has 1 aliphatic carbocycles. The molecule has 2 heterocycles. The van der Waals surface area contributed by atoms with Gasteiger partial charge in [0.25, 0.3) is 0 Å². The number of rotatable bonds is 1. The third kappa shape index (κ3) is 1.66. The van der Waals surface area contributed by atoms with Crippen LogP contribution in [-0.4, -0.2) is 18.1 Å². The number of methoxy groups -OCH3 is 1. The van der Waals surface area contributed by atoms with Crippen LogP contribution in [-0.2, 0) is 40.3 Å². The Labute approximate surface area is 105 Å². The van der Waals surface area contributed by atoms with Crippen molar-refractivity contribution in [1.29, 1.82) is 0 Å². The minimum absolute atomic E-state index is 0.0578. The molecule has 0 radical (unpaired) electrons. The van der Waals surface area contributed by atoms with Gasteiger partial charge in [-0.3, -0.25) is 4.79 Å². The maximum absolute atomic E-state index is 11.6. The van der Waals surface area contributed by atoms with Crippen LogP contribution >= 0.6 is 0 Å². The van der Waals surface area contributed by atoms with Gasteiger partial charge in [0.15, 0.2) is 0 Å². The number of hydrogen-bond donors (Lipinski definition) is 1. The number of nitrogen functional groups attached to an aromatic ring is 1. The first-order valence-electron chi connectivity index (χ1n) is 6.15. The molecule has 0 spiro atoms. The molecule has 0 unspecified atom stereocenters. The lowest BCUT2D eigenvalue weighted by Crippen LogP contribution is -2.26. The minimum atomic E-state index is -0.134. The Morgan fingerprint density at radius 1 is 1.39 bits per heavy atom. The third-order valence-electron chi connectivity index (χ3n) is 3.85. The molecule has 18 heavy (non-hydrogen) atoms. The smallest absolute Gasteiger partial charge is 0.309 e. The molecule has 1 aromatic heterocycles. The van der Waals surface area contributed by atoms with Gasteiger partial charge in [0.05, 0.1) is 26.2 Å². The van der Waals surface area contributed by atoms with Crippen molar-refractivity contribution in [2.24, 2.45) is 5.92 Å². The summed E-state index contributed by atoms with van der Waals surface area (Å²) in [6, 6.07) is 0. The van der Waals surface area contributed by atoms with Gasteiger partial charge in [-0.2, -0.15) is 0 Å². The van der Waals surface area contributed by atoms with Crippen LogP contribution in [0.2, 0.25) is 0 Å². The molecule has 0 amide bonds. The highest BCUT2D eigenvalue weighted by molar-refractivity contribution is 5.73. The van der Waals surface area contributed by atoms with Crippen molar-refractivity contribution in [2.45, 2.75) is 32.5 Å². The Kier molecular flexibility index (Phi) is 2.70. The fraction of sp³-hybridized carbons (Fsp3) is 0.538. The molecule has 0 saturated heterocycles. The van der Waals surface area contributed by atoms with Gasteiger partial charge in [-0.15, -0.1) is 0 Å². The molecule has 5 heteroatoms. The zero-order chi connectivity index (χ0) is 12.7. The molecule has 3 rings (SSSR count). The van der Waals surface area contributed by atoms with Crippen LogP contribution in [0.25, 0.3) is 0 Å². The Morgan fingerprint density at radius 2 is 2.17 bits per heavy atom. The number of aromatic nitrogens is 1. The summed E-state index contributed by atoms with van der Waals surface area (Å²) in [5, 5.41) is 0. The Morgan fingerprint density at radius 3 is 2.94 bits per heavy atom. The highest BCUT2D eigenvalue weighted by Gasteiger charge is 2.31. The van der Waals surface area contributed by atoms with Gasteiger partial charge in [0.2, 0.25) is 0 Å². The second-order valence-electron chi connectivity index (χ2n) is 4.84. The van der Waals surface area contributed by atoms with Crippen LogP contribution in [0.5, 0.6) is 0 Å². The van der Waals surface area contributed by atoms with Crippen molar-refractivity contribution >= 4 is 11.8 Å². The Hall–Kier alpha value is -1.62. The topological polar surface area (TPSA) is 74.4 Å². The van der Waals surface area contributed by atoms with Gasteiger partial charge < -0.3 is 15.2 Å². The van der Waals surface area contributed by atoms with Crippen molar-refractivity contribution in [3.05, 3.63) is 22.4 Å². The van der Waals surface area contributed by atoms with Crippen LogP contribution in [0.1, 0.15) is 28.8 Å². The summed E-state index contributed by atoms with van der Waals surface area (Å²) in [6.07, 6.45) is 2.26. The number of carbonyl (C=O) groups is 1. The number of nitrogens with two attached hydrogens (primary N) is 1. The van der Waals surface area contributed by atoms with E-state index in [1.165, 1.54) is 7.11 Å². The molecule has 0 aromatic carbocycles. The molecule has 96 valence electrons. The summed E-state index contributed by atoms with van der Waals surface area (Å²) in [5.74, 6) is 0.389. The number of fused-ring (bicyclic) bond motifs is 3. The molecule has 1 atom stereocenters. The zero-order valence-corrected chi connectivity index (χ0v) is 10.4. The Bertz CT molecular complexity index is 513. The molecule has 1 aromatic rings. The van der Waals surface area contributed by atoms with Crippen LogP contribution < -0.4 is 5.73 Å². The summed E-state index contributed by atoms with van der Waals surface area (Å²) in [4.78, 5) is 16.1. The number of nitrogens with zero attached hydrogens (tertiary/aromatic N) is 1. The first kappa shape index (κ1) is 11.5. The molecule has 0 saturated carbocycles. The normalized spacial score (nSPS) is 21.3. The molecule has 0 bridgehead atoms. The van der Waals surface area contributed by atoms with Gasteiger partial charge >= 0.3 is 5.97 Å². The standard InChI is InChI=1S/C13H16N2O3/c1-17-13(16)7-2-3-11-8(4-7)9-5-18-6-10(9)12(14)15-11/h7H,2-6H2,1H3,(H2,14,15)/t7-/m1/s1. The first-order chi connectivity index (χ1) is 8.70. The van der Waals surface area contributed by atoms with Crippen LogP contribution in [0.4, 0.5) is 5.82 Å². The highest BCUT2D eigenvalue weighted by atomic mass is 16.5. The fourth-order valence-corrected chi connectivity index (χ4v) is 2.86. The number of pyridine rings is 1. The monoisotopic (exact) mass is 248 g/mol. The Balaban J connectivity index is 2.00. The highest BCUT2D eigenvalue weighted by Crippen LogP contribution is 2.35. The number of carbonyl (C=O) groups excluding carboxylic acids is 1. The van der Waals surface area contributed by atoms with Gasteiger partial charge in [-0.25, -0.2) is 4.98 Å². The predicted octanol–water partition coefficient (Wildman–Crippen LogP) is 0.972. The second-order valence-corrected chi connectivity index (χ2v) is 4.84. The third-order valence-corrected chi connectivity index (χ3v) is 3.85. The summed E-state index contributed by atoms with van der Waals surface area (Å²) >= 11 is 0. The molecule has 2 aliphatic rings. The number of hydrogen-bond acceptors (Lipinski definition) is 5. The van der Waals surface area contributed by atoms with Crippen molar-refractivity contribution in [2.75, 3.05) is 12.8 Å². The van der Waals surface area contributed by atoms with E-state index in [1.54, 1.807) is 0 Å². The lowest BCUT2D eigenvalue weighted by atomic mass is 9.83. The average Bonchev–Trinajstić information content (AvgIpc) is 2.88. The lowest BCUT2D eigenvalue weighted by molar-refractivity contribution is -0.145. The maximum atomic E-state index is 11.6. The molecule has 1 aliphatic heterocycles. The van der Waals surface area contributed by atoms with E-state index in [0.717, 1.165) is 35.2 Å². The van der Waals surface area contributed by atoms with E-state index in [9.17, 15) is 4.79 Å². The number of aryl methyl sites for hydroxylation is 1. The molecule has 0 fully saturated rings. The maximum Gasteiger partial charge on any atom is 0.309 e. The zero-order valence-electron chi connectivity index (χ0n) is 10.4. The van der Waals surface area contributed by atoms with Crippen molar-refractivity contribution in [1.82, 2.24) is 4.98 Å². The summed E-state index contributed by atoms with van der Waals surface area (Å²) in [7, 11) is 1.44. The van der Waals surface area contributed by atoms with Crippen LogP contribution in [0, 0.1) is 5.92 Å². The van der Waals surface area contributed by atoms with E-state index in [4.69, 9.17) is 15.2 Å². The number of ether oxygens (including phenoxy) is 2. The molecule has 5 nitrogen and oxygen atoms in total. The van der Waals surface area contributed by atoms with E-state index in [1.807, 2.05) is 0 Å². The number of esters is 1. The largest absolute Gasteiger partial charge is 0.469 e.